The van der Waals surface area contributed by atoms with Crippen LogP contribution in [0.5, 0.6) is 0 Å². The predicted octanol–water partition coefficient (Wildman–Crippen LogP) is 3.43. The summed E-state index contributed by atoms with van der Waals surface area (Å²) in [6.07, 6.45) is 7.07. The van der Waals surface area contributed by atoms with Gasteiger partial charge in [0.15, 0.2) is 0 Å². The highest BCUT2D eigenvalue weighted by molar-refractivity contribution is 6.31. The highest BCUT2D eigenvalue weighted by Gasteiger charge is 1.84. The molecular formula is C9H11Cl. The second kappa shape index (κ2) is 5.07. The van der Waals surface area contributed by atoms with E-state index in [1.807, 2.05) is 19.1 Å². The van der Waals surface area contributed by atoms with Gasteiger partial charge in [-0.25, -0.2) is 0 Å². The van der Waals surface area contributed by atoms with Crippen LogP contribution in [0.15, 0.2) is 48.1 Å². The van der Waals surface area contributed by atoms with Crippen molar-refractivity contribution < 1.29 is 0 Å². The van der Waals surface area contributed by atoms with Crippen molar-refractivity contribution in [1.29, 1.82) is 0 Å². The summed E-state index contributed by atoms with van der Waals surface area (Å²) in [5.41, 5.74) is 1.00. The quantitative estimate of drug-likeness (QED) is 0.547. The van der Waals surface area contributed by atoms with E-state index in [9.17, 15) is 0 Å². The Hall–Kier alpha value is -0.750. The van der Waals surface area contributed by atoms with Crippen LogP contribution < -0.4 is 0 Å². The van der Waals surface area contributed by atoms with Crippen molar-refractivity contribution in [3.8, 4) is 0 Å². The van der Waals surface area contributed by atoms with Crippen molar-refractivity contribution in [2.75, 3.05) is 0 Å². The van der Waals surface area contributed by atoms with Crippen LogP contribution in [-0.4, -0.2) is 0 Å². The molecule has 0 amide bonds. The summed E-state index contributed by atoms with van der Waals surface area (Å²) >= 11 is 5.67. The highest BCUT2D eigenvalue weighted by Crippen LogP contribution is 2.07. The van der Waals surface area contributed by atoms with Crippen molar-refractivity contribution >= 4 is 11.6 Å². The van der Waals surface area contributed by atoms with Gasteiger partial charge in [0, 0.05) is 5.03 Å². The molecule has 0 saturated heterocycles. The first-order valence-electron chi connectivity index (χ1n) is 3.03. The van der Waals surface area contributed by atoms with Crippen LogP contribution in [0.4, 0.5) is 0 Å². The van der Waals surface area contributed by atoms with Crippen LogP contribution in [-0.2, 0) is 0 Å². The van der Waals surface area contributed by atoms with E-state index in [1.165, 1.54) is 0 Å². The van der Waals surface area contributed by atoms with Crippen LogP contribution in [0.2, 0.25) is 0 Å². The number of allylic oxidation sites excluding steroid dienone is 6. The predicted molar refractivity (Wildman–Crippen MR) is 48.1 cm³/mol. The van der Waals surface area contributed by atoms with Gasteiger partial charge in [-0.15, -0.1) is 0 Å². The van der Waals surface area contributed by atoms with Crippen molar-refractivity contribution in [2.24, 2.45) is 0 Å². The molecule has 0 saturated carbocycles. The summed E-state index contributed by atoms with van der Waals surface area (Å²) in [6.45, 7) is 9.07. The van der Waals surface area contributed by atoms with Gasteiger partial charge >= 0.3 is 0 Å². The minimum Gasteiger partial charge on any atom is -0.0985 e. The maximum absolute atomic E-state index is 5.67. The molecule has 0 aliphatic rings. The number of halogens is 1. The molecule has 0 spiro atoms. The molecule has 0 atom stereocenters. The molecule has 0 aromatic rings. The van der Waals surface area contributed by atoms with Crippen LogP contribution in [0.1, 0.15) is 6.92 Å². The monoisotopic (exact) mass is 154 g/mol. The Balaban J connectivity index is 4.36. The van der Waals surface area contributed by atoms with Gasteiger partial charge in [-0.2, -0.15) is 0 Å². The summed E-state index contributed by atoms with van der Waals surface area (Å²) < 4.78 is 0. The smallest absolute Gasteiger partial charge is 0.0405 e. The van der Waals surface area contributed by atoms with E-state index in [1.54, 1.807) is 12.2 Å². The Morgan fingerprint density at radius 3 is 2.20 bits per heavy atom. The lowest BCUT2D eigenvalue weighted by Crippen LogP contribution is -1.69. The third kappa shape index (κ3) is 3.31. The van der Waals surface area contributed by atoms with Gasteiger partial charge in [0.1, 0.15) is 0 Å². The van der Waals surface area contributed by atoms with Crippen LogP contribution in [0, 0.1) is 0 Å². The van der Waals surface area contributed by atoms with Crippen molar-refractivity contribution in [3.05, 3.63) is 48.1 Å². The van der Waals surface area contributed by atoms with E-state index in [2.05, 4.69) is 13.2 Å². The SMILES string of the molecule is C=CC(=C/C)/C=C(/Cl)C=C. The fourth-order valence-corrected chi connectivity index (χ4v) is 0.604. The van der Waals surface area contributed by atoms with E-state index in [-0.39, 0.29) is 0 Å². The topological polar surface area (TPSA) is 0 Å². The number of hydrogen-bond donors (Lipinski definition) is 0. The van der Waals surface area contributed by atoms with E-state index >= 15 is 0 Å². The first kappa shape index (κ1) is 9.25. The molecule has 0 bridgehead atoms. The molecule has 0 nitrogen and oxygen atoms in total. The maximum atomic E-state index is 5.67. The molecule has 0 aromatic heterocycles. The molecule has 0 rings (SSSR count). The molecule has 0 fully saturated rings. The zero-order chi connectivity index (χ0) is 7.98. The molecule has 0 N–H and O–H groups in total. The van der Waals surface area contributed by atoms with Gasteiger partial charge in [-0.05, 0) is 18.6 Å². The van der Waals surface area contributed by atoms with E-state index in [0.29, 0.717) is 5.03 Å². The number of rotatable bonds is 3. The Kier molecular flexibility index (Phi) is 4.69. The second-order valence-corrected chi connectivity index (χ2v) is 2.16. The van der Waals surface area contributed by atoms with Gasteiger partial charge in [-0.1, -0.05) is 43.0 Å². The summed E-state index contributed by atoms with van der Waals surface area (Å²) in [4.78, 5) is 0. The summed E-state index contributed by atoms with van der Waals surface area (Å²) in [5.74, 6) is 0. The second-order valence-electron chi connectivity index (χ2n) is 1.73. The van der Waals surface area contributed by atoms with Gasteiger partial charge < -0.3 is 0 Å². The maximum Gasteiger partial charge on any atom is 0.0405 e. The molecule has 0 radical (unpaired) electrons. The van der Waals surface area contributed by atoms with E-state index in [0.717, 1.165) is 5.57 Å². The summed E-state index contributed by atoms with van der Waals surface area (Å²) in [6, 6.07) is 0. The summed E-state index contributed by atoms with van der Waals surface area (Å²) in [7, 11) is 0. The van der Waals surface area contributed by atoms with Crippen molar-refractivity contribution in [3.63, 3.8) is 0 Å². The molecule has 0 aliphatic carbocycles. The standard InChI is InChI=1S/C9H11Cl/c1-4-8(5-2)7-9(10)6-3/h4-7H,1,3H2,2H3/b8-5-,9-7+. The zero-order valence-electron chi connectivity index (χ0n) is 6.10. The molecular weight excluding hydrogens is 144 g/mol. The lowest BCUT2D eigenvalue weighted by Gasteiger charge is -1.90. The first-order chi connectivity index (χ1) is 4.74. The Morgan fingerprint density at radius 1 is 1.30 bits per heavy atom. The molecule has 0 heterocycles. The van der Waals surface area contributed by atoms with Crippen molar-refractivity contribution in [1.82, 2.24) is 0 Å². The molecule has 54 valence electrons. The summed E-state index contributed by atoms with van der Waals surface area (Å²) in [5, 5.41) is 0.632. The Bertz CT molecular complexity index is 185. The fourth-order valence-electron chi connectivity index (χ4n) is 0.478. The first-order valence-corrected chi connectivity index (χ1v) is 3.40. The molecule has 1 heteroatoms. The molecule has 10 heavy (non-hydrogen) atoms. The highest BCUT2D eigenvalue weighted by atomic mass is 35.5. The third-order valence-corrected chi connectivity index (χ3v) is 1.33. The van der Waals surface area contributed by atoms with Gasteiger partial charge in [0.2, 0.25) is 0 Å². The lowest BCUT2D eigenvalue weighted by atomic mass is 10.2. The minimum atomic E-state index is 0.632. The Labute approximate surface area is 67.2 Å². The van der Waals surface area contributed by atoms with Crippen LogP contribution in [0.25, 0.3) is 0 Å². The molecule has 0 aromatic carbocycles. The average molecular weight is 155 g/mol. The Morgan fingerprint density at radius 2 is 1.90 bits per heavy atom. The molecule has 0 unspecified atom stereocenters. The minimum absolute atomic E-state index is 0.632. The van der Waals surface area contributed by atoms with E-state index < -0.39 is 0 Å². The van der Waals surface area contributed by atoms with Gasteiger partial charge in [0.05, 0.1) is 0 Å². The largest absolute Gasteiger partial charge is 0.0985 e. The molecule has 0 aliphatic heterocycles. The van der Waals surface area contributed by atoms with E-state index in [4.69, 9.17) is 11.6 Å². The third-order valence-electron chi connectivity index (χ3n) is 1.07. The average Bonchev–Trinajstić information content (AvgIpc) is 1.99. The normalized spacial score (nSPS) is 13.0. The van der Waals surface area contributed by atoms with Crippen LogP contribution >= 0.6 is 11.6 Å². The van der Waals surface area contributed by atoms with Gasteiger partial charge in [0.25, 0.3) is 0 Å². The zero-order valence-corrected chi connectivity index (χ0v) is 6.86. The van der Waals surface area contributed by atoms with Crippen molar-refractivity contribution in [2.45, 2.75) is 6.92 Å². The fraction of sp³-hybridized carbons (Fsp3) is 0.111. The number of hydrogen-bond acceptors (Lipinski definition) is 0. The van der Waals surface area contributed by atoms with Crippen LogP contribution in [0.3, 0.4) is 0 Å². The van der Waals surface area contributed by atoms with Gasteiger partial charge in [-0.3, -0.25) is 0 Å². The lowest BCUT2D eigenvalue weighted by molar-refractivity contribution is 1.60.